The second-order valence-corrected chi connectivity index (χ2v) is 9.38. The average Bonchev–Trinajstić information content (AvgIpc) is 3.39. The first-order chi connectivity index (χ1) is 17.9. The third kappa shape index (κ3) is 4.77. The van der Waals surface area contributed by atoms with Crippen molar-refractivity contribution in [2.75, 3.05) is 34.3 Å². The Morgan fingerprint density at radius 3 is 2.49 bits per heavy atom. The van der Waals surface area contributed by atoms with Gasteiger partial charge in [0.25, 0.3) is 11.8 Å². The van der Waals surface area contributed by atoms with Crippen LogP contribution in [0.4, 0.5) is 0 Å². The van der Waals surface area contributed by atoms with Gasteiger partial charge in [0.05, 0.1) is 35.4 Å². The maximum absolute atomic E-state index is 13.0. The molecule has 9 nitrogen and oxygen atoms in total. The molecule has 1 unspecified atom stereocenters. The smallest absolute Gasteiger partial charge is 0.261 e. The van der Waals surface area contributed by atoms with Crippen molar-refractivity contribution in [3.05, 3.63) is 71.4 Å². The van der Waals surface area contributed by atoms with Gasteiger partial charge in [-0.15, -0.1) is 0 Å². The number of likely N-dealkylation sites (N-methyl/N-ethyl adjacent to an activating group) is 1. The Kier molecular flexibility index (Phi) is 6.62. The van der Waals surface area contributed by atoms with Crippen LogP contribution < -0.4 is 9.47 Å². The molecule has 1 N–H and O–H groups in total. The highest BCUT2D eigenvalue weighted by atomic mass is 16.5. The normalized spacial score (nSPS) is 13.9. The molecule has 5 rings (SSSR count). The van der Waals surface area contributed by atoms with Crippen LogP contribution in [0.2, 0.25) is 0 Å². The molecule has 9 heteroatoms. The number of hydrogen-bond acceptors (Lipinski definition) is 7. The number of amides is 2. The molecule has 2 aromatic heterocycles. The molecule has 4 aromatic rings. The van der Waals surface area contributed by atoms with Crippen LogP contribution in [0.5, 0.6) is 11.6 Å². The van der Waals surface area contributed by atoms with E-state index in [1.807, 2.05) is 44.1 Å². The quantitative estimate of drug-likeness (QED) is 0.350. The van der Waals surface area contributed by atoms with E-state index < -0.39 is 0 Å². The standard InChI is InChI=1S/C28H29N5O4/c1-17(14-18-8-6-5-7-9-18)37-23-10-11-29-26(36-4)24(23)25-30-21-15-19-20(16-22(21)31-25)28(35)33(27(19)34)13-12-32(2)3/h5-11,15-17H,12-14H2,1-4H3,(H,30,31). The molecule has 0 saturated heterocycles. The number of aromatic amines is 1. The van der Waals surface area contributed by atoms with Gasteiger partial charge in [-0.3, -0.25) is 14.5 Å². The Bertz CT molecular complexity index is 1410. The number of fused-ring (bicyclic) bond motifs is 2. The van der Waals surface area contributed by atoms with E-state index >= 15 is 0 Å². The number of ether oxygens (including phenoxy) is 2. The highest BCUT2D eigenvalue weighted by Gasteiger charge is 2.36. The van der Waals surface area contributed by atoms with Gasteiger partial charge in [0.1, 0.15) is 17.1 Å². The maximum Gasteiger partial charge on any atom is 0.261 e. The van der Waals surface area contributed by atoms with Crippen LogP contribution in [0.15, 0.2) is 54.7 Å². The minimum absolute atomic E-state index is 0.121. The molecule has 0 aliphatic carbocycles. The molecule has 0 radical (unpaired) electrons. The summed E-state index contributed by atoms with van der Waals surface area (Å²) in [6, 6.07) is 15.3. The largest absolute Gasteiger partial charge is 0.489 e. The number of hydrogen-bond donors (Lipinski definition) is 1. The molecule has 37 heavy (non-hydrogen) atoms. The van der Waals surface area contributed by atoms with E-state index in [0.717, 1.165) is 6.42 Å². The van der Waals surface area contributed by atoms with Crippen LogP contribution in [0.3, 0.4) is 0 Å². The average molecular weight is 500 g/mol. The van der Waals surface area contributed by atoms with Gasteiger partial charge >= 0.3 is 0 Å². The molecule has 0 spiro atoms. The summed E-state index contributed by atoms with van der Waals surface area (Å²) < 4.78 is 11.9. The van der Waals surface area contributed by atoms with Crippen LogP contribution >= 0.6 is 0 Å². The second kappa shape index (κ2) is 10.0. The maximum atomic E-state index is 13.0. The summed E-state index contributed by atoms with van der Waals surface area (Å²) in [7, 11) is 5.35. The summed E-state index contributed by atoms with van der Waals surface area (Å²) in [6.45, 7) is 2.94. The Labute approximate surface area is 215 Å². The summed E-state index contributed by atoms with van der Waals surface area (Å²) in [5.41, 5.74) is 3.69. The fraction of sp³-hybridized carbons (Fsp3) is 0.286. The molecule has 3 heterocycles. The fourth-order valence-corrected chi connectivity index (χ4v) is 4.52. The van der Waals surface area contributed by atoms with E-state index in [1.165, 1.54) is 10.5 Å². The summed E-state index contributed by atoms with van der Waals surface area (Å²) in [6.07, 6.45) is 2.24. The van der Waals surface area contributed by atoms with Gasteiger partial charge in [0.15, 0.2) is 0 Å². The Balaban J connectivity index is 1.48. The molecule has 190 valence electrons. The van der Waals surface area contributed by atoms with Crippen molar-refractivity contribution in [2.24, 2.45) is 0 Å². The van der Waals surface area contributed by atoms with E-state index in [4.69, 9.17) is 14.5 Å². The first-order valence-electron chi connectivity index (χ1n) is 12.1. The minimum Gasteiger partial charge on any atom is -0.489 e. The molecule has 0 bridgehead atoms. The van der Waals surface area contributed by atoms with Crippen LogP contribution in [-0.2, 0) is 6.42 Å². The third-order valence-corrected chi connectivity index (χ3v) is 6.35. The van der Waals surface area contributed by atoms with Crippen molar-refractivity contribution in [1.82, 2.24) is 24.8 Å². The lowest BCUT2D eigenvalue weighted by atomic mass is 10.1. The molecule has 1 atom stereocenters. The van der Waals surface area contributed by atoms with Gasteiger partial charge in [-0.25, -0.2) is 9.97 Å². The fourth-order valence-electron chi connectivity index (χ4n) is 4.52. The first kappa shape index (κ1) is 24.5. The van der Waals surface area contributed by atoms with Crippen LogP contribution in [0.1, 0.15) is 33.2 Å². The van der Waals surface area contributed by atoms with E-state index in [1.54, 1.807) is 31.5 Å². The second-order valence-electron chi connectivity index (χ2n) is 9.38. The highest BCUT2D eigenvalue weighted by molar-refractivity contribution is 6.22. The zero-order chi connectivity index (χ0) is 26.1. The number of imidazole rings is 1. The molecule has 1 aliphatic heterocycles. The molecular weight excluding hydrogens is 470 g/mol. The number of pyridine rings is 1. The summed E-state index contributed by atoms with van der Waals surface area (Å²) in [5.74, 6) is 0.820. The van der Waals surface area contributed by atoms with Gasteiger partial charge in [-0.1, -0.05) is 30.3 Å². The number of benzene rings is 2. The number of aromatic nitrogens is 3. The number of rotatable bonds is 9. The number of H-pyrrole nitrogens is 1. The number of nitrogens with one attached hydrogen (secondary N) is 1. The number of carbonyl (C=O) groups is 2. The minimum atomic E-state index is -0.300. The molecule has 2 aromatic carbocycles. The number of methoxy groups -OCH3 is 1. The Hall–Kier alpha value is -4.24. The van der Waals surface area contributed by atoms with E-state index in [2.05, 4.69) is 22.1 Å². The zero-order valence-electron chi connectivity index (χ0n) is 21.3. The van der Waals surface area contributed by atoms with Gasteiger partial charge in [0.2, 0.25) is 5.88 Å². The monoisotopic (exact) mass is 499 g/mol. The van der Waals surface area contributed by atoms with Crippen molar-refractivity contribution in [1.29, 1.82) is 0 Å². The van der Waals surface area contributed by atoms with Crippen LogP contribution in [0, 0.1) is 0 Å². The third-order valence-electron chi connectivity index (χ3n) is 6.35. The van der Waals surface area contributed by atoms with Crippen molar-refractivity contribution < 1.29 is 19.1 Å². The SMILES string of the molecule is COc1nccc(OC(C)Cc2ccccc2)c1-c1nc2cc3c(cc2[nH]1)C(=O)N(CCN(C)C)C3=O. The predicted octanol–water partition coefficient (Wildman–Crippen LogP) is 3.80. The highest BCUT2D eigenvalue weighted by Crippen LogP contribution is 2.37. The van der Waals surface area contributed by atoms with E-state index in [-0.39, 0.29) is 17.9 Å². The summed E-state index contributed by atoms with van der Waals surface area (Å²) >= 11 is 0. The van der Waals surface area contributed by atoms with Crippen molar-refractivity contribution in [3.8, 4) is 23.0 Å². The molecule has 0 fully saturated rings. The summed E-state index contributed by atoms with van der Waals surface area (Å²) in [4.78, 5) is 41.5. The van der Waals surface area contributed by atoms with E-state index in [9.17, 15) is 9.59 Å². The number of nitrogens with zero attached hydrogens (tertiary/aromatic N) is 4. The van der Waals surface area contributed by atoms with Gasteiger partial charge in [-0.05, 0) is 44.8 Å². The summed E-state index contributed by atoms with van der Waals surface area (Å²) in [5, 5.41) is 0. The van der Waals surface area contributed by atoms with Gasteiger partial charge in [0, 0.05) is 25.7 Å². The number of imide groups is 1. The lowest BCUT2D eigenvalue weighted by Crippen LogP contribution is -2.35. The molecule has 0 saturated carbocycles. The molecule has 1 aliphatic rings. The van der Waals surface area contributed by atoms with Crippen molar-refractivity contribution in [2.45, 2.75) is 19.4 Å². The van der Waals surface area contributed by atoms with Gasteiger partial charge < -0.3 is 19.4 Å². The Morgan fingerprint density at radius 1 is 1.05 bits per heavy atom. The number of carbonyl (C=O) groups excluding carboxylic acids is 2. The lowest BCUT2D eigenvalue weighted by molar-refractivity contribution is 0.0645. The van der Waals surface area contributed by atoms with Gasteiger partial charge in [-0.2, -0.15) is 0 Å². The Morgan fingerprint density at radius 2 is 1.78 bits per heavy atom. The molecule has 2 amide bonds. The topological polar surface area (TPSA) is 101 Å². The zero-order valence-corrected chi connectivity index (χ0v) is 21.3. The molecular formula is C28H29N5O4. The predicted molar refractivity (Wildman–Crippen MR) is 140 cm³/mol. The van der Waals surface area contributed by atoms with Crippen LogP contribution in [-0.4, -0.2) is 77.0 Å². The van der Waals surface area contributed by atoms with E-state index in [0.29, 0.717) is 58.3 Å². The lowest BCUT2D eigenvalue weighted by Gasteiger charge is -2.18. The van der Waals surface area contributed by atoms with Crippen molar-refractivity contribution >= 4 is 22.8 Å². The first-order valence-corrected chi connectivity index (χ1v) is 12.1. The van der Waals surface area contributed by atoms with Crippen molar-refractivity contribution in [3.63, 3.8) is 0 Å². The van der Waals surface area contributed by atoms with Crippen LogP contribution in [0.25, 0.3) is 22.4 Å².